The van der Waals surface area contributed by atoms with Crippen molar-refractivity contribution < 1.29 is 14.4 Å². The molecular formula is C16H16BrNO4. The van der Waals surface area contributed by atoms with Crippen LogP contribution in [0.4, 0.5) is 5.69 Å². The first kappa shape index (κ1) is 16.3. The van der Waals surface area contributed by atoms with E-state index in [1.165, 1.54) is 6.07 Å². The van der Waals surface area contributed by atoms with Gasteiger partial charge in [0.25, 0.3) is 0 Å². The number of ether oxygens (including phenoxy) is 2. The Labute approximate surface area is 137 Å². The summed E-state index contributed by atoms with van der Waals surface area (Å²) in [7, 11) is 0. The van der Waals surface area contributed by atoms with Crippen molar-refractivity contribution in [2.45, 2.75) is 19.8 Å². The summed E-state index contributed by atoms with van der Waals surface area (Å²) in [5.74, 6) is 1.35. The van der Waals surface area contributed by atoms with Crippen LogP contribution >= 0.6 is 15.9 Å². The Balaban J connectivity index is 2.24. The van der Waals surface area contributed by atoms with Gasteiger partial charge in [-0.3, -0.25) is 10.1 Å². The van der Waals surface area contributed by atoms with Crippen LogP contribution < -0.4 is 9.47 Å². The Kier molecular flexibility index (Phi) is 5.77. The van der Waals surface area contributed by atoms with E-state index < -0.39 is 4.92 Å². The van der Waals surface area contributed by atoms with Crippen LogP contribution in [0, 0.1) is 10.1 Å². The van der Waals surface area contributed by atoms with Crippen molar-refractivity contribution in [3.8, 4) is 17.2 Å². The van der Waals surface area contributed by atoms with Gasteiger partial charge in [0.05, 0.1) is 16.0 Å². The van der Waals surface area contributed by atoms with Crippen LogP contribution in [-0.2, 0) is 0 Å². The summed E-state index contributed by atoms with van der Waals surface area (Å²) in [5, 5.41) is 11.1. The molecule has 0 amide bonds. The molecule has 0 heterocycles. The quantitative estimate of drug-likeness (QED) is 0.378. The smallest absolute Gasteiger partial charge is 0.311 e. The van der Waals surface area contributed by atoms with Gasteiger partial charge < -0.3 is 9.47 Å². The van der Waals surface area contributed by atoms with Crippen molar-refractivity contribution in [3.05, 3.63) is 57.1 Å². The highest BCUT2D eigenvalue weighted by molar-refractivity contribution is 9.10. The molecule has 0 aliphatic rings. The molecular weight excluding hydrogens is 350 g/mol. The second-order valence-electron chi connectivity index (χ2n) is 4.62. The Morgan fingerprint density at radius 3 is 2.64 bits per heavy atom. The molecule has 116 valence electrons. The molecule has 0 atom stereocenters. The highest BCUT2D eigenvalue weighted by Gasteiger charge is 2.16. The minimum Gasteiger partial charge on any atom is -0.487 e. The fourth-order valence-electron chi connectivity index (χ4n) is 1.81. The minimum atomic E-state index is -0.455. The molecule has 2 rings (SSSR count). The predicted molar refractivity (Wildman–Crippen MR) is 87.7 cm³/mol. The van der Waals surface area contributed by atoms with Crippen LogP contribution in [-0.4, -0.2) is 11.5 Å². The average molecular weight is 366 g/mol. The lowest BCUT2D eigenvalue weighted by Crippen LogP contribution is -2.00. The van der Waals surface area contributed by atoms with E-state index in [9.17, 15) is 10.1 Å². The third-order valence-electron chi connectivity index (χ3n) is 2.95. The van der Waals surface area contributed by atoms with Gasteiger partial charge in [0.15, 0.2) is 0 Å². The first-order chi connectivity index (χ1) is 10.6. The zero-order valence-corrected chi connectivity index (χ0v) is 13.7. The normalized spacial score (nSPS) is 10.3. The molecule has 0 N–H and O–H groups in total. The minimum absolute atomic E-state index is 0.0596. The molecule has 0 fully saturated rings. The van der Waals surface area contributed by atoms with E-state index in [1.54, 1.807) is 12.1 Å². The number of benzene rings is 2. The fraction of sp³-hybridized carbons (Fsp3) is 0.250. The summed E-state index contributed by atoms with van der Waals surface area (Å²) in [5.41, 5.74) is -0.0596. The topological polar surface area (TPSA) is 61.6 Å². The SMILES string of the molecule is CCCCOc1cc(Oc2ccccc2Br)ccc1[N+](=O)[O-]. The van der Waals surface area contributed by atoms with Gasteiger partial charge in [-0.1, -0.05) is 25.5 Å². The Bertz CT molecular complexity index is 660. The number of nitrogens with zero attached hydrogens (tertiary/aromatic N) is 1. The molecule has 2 aromatic rings. The molecule has 5 nitrogen and oxygen atoms in total. The van der Waals surface area contributed by atoms with Crippen molar-refractivity contribution in [1.82, 2.24) is 0 Å². The third kappa shape index (κ3) is 4.21. The molecule has 0 aromatic heterocycles. The lowest BCUT2D eigenvalue weighted by Gasteiger charge is -2.10. The van der Waals surface area contributed by atoms with Crippen LogP contribution in [0.15, 0.2) is 46.9 Å². The monoisotopic (exact) mass is 365 g/mol. The van der Waals surface area contributed by atoms with Crippen molar-refractivity contribution in [3.63, 3.8) is 0 Å². The number of halogens is 1. The number of hydrogen-bond acceptors (Lipinski definition) is 4. The van der Waals surface area contributed by atoms with Crippen molar-refractivity contribution in [2.24, 2.45) is 0 Å². The maximum absolute atomic E-state index is 11.1. The van der Waals surface area contributed by atoms with E-state index in [0.717, 1.165) is 17.3 Å². The molecule has 0 spiro atoms. The number of hydrogen-bond donors (Lipinski definition) is 0. The first-order valence-electron chi connectivity index (χ1n) is 6.95. The molecule has 0 aliphatic heterocycles. The number of nitro benzene ring substituents is 1. The van der Waals surface area contributed by atoms with Gasteiger partial charge in [0.2, 0.25) is 5.75 Å². The van der Waals surface area contributed by atoms with Crippen molar-refractivity contribution >= 4 is 21.6 Å². The van der Waals surface area contributed by atoms with Crippen molar-refractivity contribution in [1.29, 1.82) is 0 Å². The maximum atomic E-state index is 11.1. The van der Waals surface area contributed by atoms with E-state index >= 15 is 0 Å². The van der Waals surface area contributed by atoms with Crippen molar-refractivity contribution in [2.75, 3.05) is 6.61 Å². The summed E-state index contributed by atoms with van der Waals surface area (Å²) in [4.78, 5) is 10.6. The van der Waals surface area contributed by atoms with Crippen LogP contribution in [0.2, 0.25) is 0 Å². The predicted octanol–water partition coefficient (Wildman–Crippen LogP) is 5.33. The standard InChI is InChI=1S/C16H16BrNO4/c1-2-3-10-21-16-11-12(8-9-14(16)18(19)20)22-15-7-5-4-6-13(15)17/h4-9,11H,2-3,10H2,1H3. The maximum Gasteiger partial charge on any atom is 0.311 e. The van der Waals surface area contributed by atoms with Crippen LogP contribution in [0.5, 0.6) is 17.2 Å². The van der Waals surface area contributed by atoms with Gasteiger partial charge >= 0.3 is 5.69 Å². The molecule has 0 aliphatic carbocycles. The summed E-state index contributed by atoms with van der Waals surface area (Å²) < 4.78 is 12.1. The highest BCUT2D eigenvalue weighted by Crippen LogP contribution is 2.35. The van der Waals surface area contributed by atoms with E-state index in [1.807, 2.05) is 31.2 Å². The average Bonchev–Trinajstić information content (AvgIpc) is 2.50. The number of nitro groups is 1. The summed E-state index contributed by atoms with van der Waals surface area (Å²) in [6, 6.07) is 11.9. The second-order valence-corrected chi connectivity index (χ2v) is 5.48. The lowest BCUT2D eigenvalue weighted by atomic mass is 10.2. The first-order valence-corrected chi connectivity index (χ1v) is 7.74. The largest absolute Gasteiger partial charge is 0.487 e. The third-order valence-corrected chi connectivity index (χ3v) is 3.60. The van der Waals surface area contributed by atoms with Gasteiger partial charge in [-0.2, -0.15) is 0 Å². The zero-order chi connectivity index (χ0) is 15.9. The molecule has 6 heteroatoms. The number of unbranched alkanes of at least 4 members (excludes halogenated alkanes) is 1. The lowest BCUT2D eigenvalue weighted by molar-refractivity contribution is -0.385. The second kappa shape index (κ2) is 7.79. The van der Waals surface area contributed by atoms with Gasteiger partial charge in [0.1, 0.15) is 11.5 Å². The summed E-state index contributed by atoms with van der Waals surface area (Å²) >= 11 is 3.40. The van der Waals surface area contributed by atoms with E-state index in [4.69, 9.17) is 9.47 Å². The summed E-state index contributed by atoms with van der Waals surface area (Å²) in [6.45, 7) is 2.47. The van der Waals surface area contributed by atoms with Crippen LogP contribution in [0.3, 0.4) is 0 Å². The summed E-state index contributed by atoms with van der Waals surface area (Å²) in [6.07, 6.45) is 1.80. The van der Waals surface area contributed by atoms with Gasteiger partial charge in [-0.05, 0) is 40.5 Å². The molecule has 0 saturated carbocycles. The molecule has 22 heavy (non-hydrogen) atoms. The van der Waals surface area contributed by atoms with Crippen LogP contribution in [0.25, 0.3) is 0 Å². The van der Waals surface area contributed by atoms with Gasteiger partial charge in [-0.15, -0.1) is 0 Å². The number of para-hydroxylation sites is 1. The van der Waals surface area contributed by atoms with Gasteiger partial charge in [-0.25, -0.2) is 0 Å². The Hall–Kier alpha value is -2.08. The molecule has 0 radical (unpaired) electrons. The van der Waals surface area contributed by atoms with Crippen LogP contribution in [0.1, 0.15) is 19.8 Å². The Morgan fingerprint density at radius 1 is 1.18 bits per heavy atom. The number of rotatable bonds is 7. The van der Waals surface area contributed by atoms with E-state index in [2.05, 4.69) is 15.9 Å². The van der Waals surface area contributed by atoms with Gasteiger partial charge in [0, 0.05) is 12.1 Å². The molecule has 0 saturated heterocycles. The molecule has 0 unspecified atom stereocenters. The van der Waals surface area contributed by atoms with E-state index in [0.29, 0.717) is 18.1 Å². The fourth-order valence-corrected chi connectivity index (χ4v) is 2.17. The molecule has 0 bridgehead atoms. The zero-order valence-electron chi connectivity index (χ0n) is 12.1. The molecule has 2 aromatic carbocycles. The highest BCUT2D eigenvalue weighted by atomic mass is 79.9. The Morgan fingerprint density at radius 2 is 1.95 bits per heavy atom. The van der Waals surface area contributed by atoms with E-state index in [-0.39, 0.29) is 11.4 Å².